The van der Waals surface area contributed by atoms with Gasteiger partial charge in [0.25, 0.3) is 5.91 Å². The predicted octanol–water partition coefficient (Wildman–Crippen LogP) is 2.15. The van der Waals surface area contributed by atoms with Gasteiger partial charge in [-0.15, -0.1) is 6.58 Å². The molecule has 0 saturated heterocycles. The summed E-state index contributed by atoms with van der Waals surface area (Å²) in [6.07, 6.45) is 1.62. The van der Waals surface area contributed by atoms with E-state index in [4.69, 9.17) is 10.5 Å². The summed E-state index contributed by atoms with van der Waals surface area (Å²) in [5.74, 6) is 0.440. The SMILES string of the molecule is C=CCNC(=O)COc1ccc(Br)cc1[C@H](C)N. The second-order valence-corrected chi connectivity index (χ2v) is 4.77. The first-order chi connectivity index (χ1) is 8.54. The number of ether oxygens (including phenoxy) is 1. The van der Waals surface area contributed by atoms with E-state index >= 15 is 0 Å². The quantitative estimate of drug-likeness (QED) is 0.791. The normalized spacial score (nSPS) is 11.7. The van der Waals surface area contributed by atoms with Crippen molar-refractivity contribution in [2.24, 2.45) is 5.73 Å². The molecule has 1 aromatic rings. The summed E-state index contributed by atoms with van der Waals surface area (Å²) < 4.78 is 6.39. The van der Waals surface area contributed by atoms with Crippen LogP contribution in [0.3, 0.4) is 0 Å². The van der Waals surface area contributed by atoms with E-state index in [2.05, 4.69) is 27.8 Å². The Bertz CT molecular complexity index is 433. The van der Waals surface area contributed by atoms with Crippen LogP contribution >= 0.6 is 15.9 Å². The van der Waals surface area contributed by atoms with Gasteiger partial charge < -0.3 is 15.8 Å². The number of carbonyl (C=O) groups is 1. The second kappa shape index (κ2) is 7.18. The first kappa shape index (κ1) is 14.7. The maximum atomic E-state index is 11.4. The van der Waals surface area contributed by atoms with Gasteiger partial charge in [-0.25, -0.2) is 0 Å². The minimum Gasteiger partial charge on any atom is -0.483 e. The number of rotatable bonds is 6. The number of nitrogens with one attached hydrogen (secondary N) is 1. The maximum Gasteiger partial charge on any atom is 0.258 e. The molecule has 0 aliphatic rings. The summed E-state index contributed by atoms with van der Waals surface area (Å²) in [6.45, 7) is 5.79. The molecule has 0 radical (unpaired) electrons. The molecule has 18 heavy (non-hydrogen) atoms. The molecular formula is C13H17BrN2O2. The molecule has 5 heteroatoms. The standard InChI is InChI=1S/C13H17BrN2O2/c1-3-6-16-13(17)8-18-12-5-4-10(14)7-11(12)9(2)15/h3-5,7,9H,1,6,8,15H2,2H3,(H,16,17)/t9-/m0/s1. The lowest BCUT2D eigenvalue weighted by Gasteiger charge is -2.14. The molecule has 0 aliphatic heterocycles. The van der Waals surface area contributed by atoms with Crippen LogP contribution in [-0.2, 0) is 4.79 Å². The zero-order chi connectivity index (χ0) is 13.5. The highest BCUT2D eigenvalue weighted by Gasteiger charge is 2.10. The van der Waals surface area contributed by atoms with E-state index < -0.39 is 0 Å². The molecule has 0 saturated carbocycles. The predicted molar refractivity (Wildman–Crippen MR) is 75.4 cm³/mol. The van der Waals surface area contributed by atoms with Crippen LogP contribution in [0.2, 0.25) is 0 Å². The van der Waals surface area contributed by atoms with Crippen molar-refractivity contribution in [3.8, 4) is 5.75 Å². The average molecular weight is 313 g/mol. The molecular weight excluding hydrogens is 296 g/mol. The lowest BCUT2D eigenvalue weighted by atomic mass is 10.1. The molecule has 1 rings (SSSR count). The van der Waals surface area contributed by atoms with Crippen molar-refractivity contribution >= 4 is 21.8 Å². The summed E-state index contributed by atoms with van der Waals surface area (Å²) >= 11 is 3.38. The molecule has 1 atom stereocenters. The summed E-state index contributed by atoms with van der Waals surface area (Å²) in [7, 11) is 0. The van der Waals surface area contributed by atoms with Crippen molar-refractivity contribution in [3.63, 3.8) is 0 Å². The van der Waals surface area contributed by atoms with Crippen molar-refractivity contribution in [1.82, 2.24) is 5.32 Å². The van der Waals surface area contributed by atoms with Gasteiger partial charge in [-0.2, -0.15) is 0 Å². The molecule has 3 N–H and O–H groups in total. The second-order valence-electron chi connectivity index (χ2n) is 3.85. The number of amides is 1. The summed E-state index contributed by atoms with van der Waals surface area (Å²) in [6, 6.07) is 5.38. The van der Waals surface area contributed by atoms with Gasteiger partial charge in [-0.3, -0.25) is 4.79 Å². The average Bonchev–Trinajstić information content (AvgIpc) is 2.34. The highest BCUT2D eigenvalue weighted by atomic mass is 79.9. The fourth-order valence-corrected chi connectivity index (χ4v) is 1.77. The van der Waals surface area contributed by atoms with Gasteiger partial charge >= 0.3 is 0 Å². The minimum atomic E-state index is -0.187. The van der Waals surface area contributed by atoms with Crippen molar-refractivity contribution in [2.75, 3.05) is 13.2 Å². The first-order valence-electron chi connectivity index (χ1n) is 5.60. The van der Waals surface area contributed by atoms with Crippen LogP contribution < -0.4 is 15.8 Å². The lowest BCUT2D eigenvalue weighted by Crippen LogP contribution is -2.29. The van der Waals surface area contributed by atoms with Gasteiger partial charge in [0.2, 0.25) is 0 Å². The highest BCUT2D eigenvalue weighted by Crippen LogP contribution is 2.27. The van der Waals surface area contributed by atoms with Crippen molar-refractivity contribution in [3.05, 3.63) is 40.9 Å². The summed E-state index contributed by atoms with van der Waals surface area (Å²) in [4.78, 5) is 11.4. The third-order valence-electron chi connectivity index (χ3n) is 2.26. The van der Waals surface area contributed by atoms with E-state index in [-0.39, 0.29) is 18.6 Å². The monoisotopic (exact) mass is 312 g/mol. The van der Waals surface area contributed by atoms with Crippen molar-refractivity contribution in [2.45, 2.75) is 13.0 Å². The minimum absolute atomic E-state index is 0.0325. The van der Waals surface area contributed by atoms with Crippen LogP contribution in [0, 0.1) is 0 Å². The molecule has 4 nitrogen and oxygen atoms in total. The van der Waals surface area contributed by atoms with Gasteiger partial charge in [0, 0.05) is 22.6 Å². The number of halogens is 1. The van der Waals surface area contributed by atoms with Crippen LogP contribution in [0.5, 0.6) is 5.75 Å². The van der Waals surface area contributed by atoms with Crippen molar-refractivity contribution in [1.29, 1.82) is 0 Å². The Morgan fingerprint density at radius 2 is 2.39 bits per heavy atom. The molecule has 0 aromatic heterocycles. The zero-order valence-corrected chi connectivity index (χ0v) is 11.9. The molecule has 0 bridgehead atoms. The number of hydrogen-bond donors (Lipinski definition) is 2. The zero-order valence-electron chi connectivity index (χ0n) is 10.3. The molecule has 0 heterocycles. The Kier molecular flexibility index (Phi) is 5.88. The molecule has 0 aliphatic carbocycles. The Labute approximate surface area is 115 Å². The smallest absolute Gasteiger partial charge is 0.258 e. The Hall–Kier alpha value is -1.33. The van der Waals surface area contributed by atoms with E-state index in [0.717, 1.165) is 10.0 Å². The number of benzene rings is 1. The summed E-state index contributed by atoms with van der Waals surface area (Å²) in [5.41, 5.74) is 6.72. The first-order valence-corrected chi connectivity index (χ1v) is 6.39. The Morgan fingerprint density at radius 1 is 1.67 bits per heavy atom. The third-order valence-corrected chi connectivity index (χ3v) is 2.76. The topological polar surface area (TPSA) is 64.3 Å². The Balaban J connectivity index is 2.66. The van der Waals surface area contributed by atoms with Crippen LogP contribution in [0.15, 0.2) is 35.3 Å². The van der Waals surface area contributed by atoms with Gasteiger partial charge in [0.15, 0.2) is 6.61 Å². The van der Waals surface area contributed by atoms with Crippen LogP contribution in [0.25, 0.3) is 0 Å². The number of nitrogens with two attached hydrogens (primary N) is 1. The van der Waals surface area contributed by atoms with Gasteiger partial charge in [0.05, 0.1) is 0 Å². The molecule has 98 valence electrons. The number of hydrogen-bond acceptors (Lipinski definition) is 3. The Morgan fingerprint density at radius 3 is 3.00 bits per heavy atom. The van der Waals surface area contributed by atoms with Crippen LogP contribution in [0.4, 0.5) is 0 Å². The summed E-state index contributed by atoms with van der Waals surface area (Å²) in [5, 5.41) is 2.64. The largest absolute Gasteiger partial charge is 0.483 e. The molecule has 0 unspecified atom stereocenters. The van der Waals surface area contributed by atoms with Gasteiger partial charge in [0.1, 0.15) is 5.75 Å². The maximum absolute atomic E-state index is 11.4. The van der Waals surface area contributed by atoms with Crippen LogP contribution in [0.1, 0.15) is 18.5 Å². The third kappa shape index (κ3) is 4.50. The molecule has 0 fully saturated rings. The molecule has 0 spiro atoms. The van der Waals surface area contributed by atoms with E-state index in [1.54, 1.807) is 12.1 Å². The number of carbonyl (C=O) groups excluding carboxylic acids is 1. The van der Waals surface area contributed by atoms with Crippen LogP contribution in [-0.4, -0.2) is 19.1 Å². The highest BCUT2D eigenvalue weighted by molar-refractivity contribution is 9.10. The fourth-order valence-electron chi connectivity index (χ4n) is 1.39. The van der Waals surface area contributed by atoms with E-state index in [1.165, 1.54) is 0 Å². The van der Waals surface area contributed by atoms with E-state index in [0.29, 0.717) is 12.3 Å². The fraction of sp³-hybridized carbons (Fsp3) is 0.308. The van der Waals surface area contributed by atoms with Gasteiger partial charge in [-0.05, 0) is 25.1 Å². The molecule has 1 aromatic carbocycles. The van der Waals surface area contributed by atoms with Gasteiger partial charge in [-0.1, -0.05) is 22.0 Å². The lowest BCUT2D eigenvalue weighted by molar-refractivity contribution is -0.122. The van der Waals surface area contributed by atoms with E-state index in [9.17, 15) is 4.79 Å². The van der Waals surface area contributed by atoms with Crippen molar-refractivity contribution < 1.29 is 9.53 Å². The van der Waals surface area contributed by atoms with E-state index in [1.807, 2.05) is 19.1 Å². The molecule has 1 amide bonds.